The van der Waals surface area contributed by atoms with Gasteiger partial charge in [-0.05, 0) is 6.42 Å². The molecule has 4 heterocycles. The molecule has 1 fully saturated rings. The number of anilines is 1. The first-order valence-electron chi connectivity index (χ1n) is 12.8. The summed E-state index contributed by atoms with van der Waals surface area (Å²) in [5.74, 6) is -0.563. The van der Waals surface area contributed by atoms with Gasteiger partial charge in [-0.2, -0.15) is 0 Å². The van der Waals surface area contributed by atoms with E-state index >= 15 is 0 Å². The Morgan fingerprint density at radius 3 is 2.73 bits per heavy atom. The average Bonchev–Trinajstić information content (AvgIpc) is 3.56. The second kappa shape index (κ2) is 14.6. The zero-order valence-electron chi connectivity index (χ0n) is 23.2. The van der Waals surface area contributed by atoms with Crippen molar-refractivity contribution in [2.24, 2.45) is 0 Å². The number of ether oxygens (including phenoxy) is 4. The van der Waals surface area contributed by atoms with Crippen molar-refractivity contribution >= 4 is 41.3 Å². The third-order valence-corrected chi connectivity index (χ3v) is 9.59. The van der Waals surface area contributed by atoms with Crippen LogP contribution >= 0.6 is 18.2 Å². The lowest BCUT2D eigenvalue weighted by Crippen LogP contribution is -2.39. The number of aromatic amines is 1. The summed E-state index contributed by atoms with van der Waals surface area (Å²) in [6, 6.07) is 1.06. The van der Waals surface area contributed by atoms with Crippen molar-refractivity contribution in [1.82, 2.24) is 29.1 Å². The third-order valence-electron chi connectivity index (χ3n) is 6.24. The summed E-state index contributed by atoms with van der Waals surface area (Å²) >= 11 is 0.321. The van der Waals surface area contributed by atoms with Crippen molar-refractivity contribution in [3.63, 3.8) is 0 Å². The predicted octanol–water partition coefficient (Wildman–Crippen LogP) is 0.00220. The Balaban J connectivity index is 1.51. The first-order chi connectivity index (χ1) is 21.0. The number of rotatable bonds is 15. The molecule has 20 nitrogen and oxygen atoms in total. The minimum Gasteiger partial charge on any atom is -0.450 e. The number of aliphatic hydroxyl groups excluding tert-OH is 2. The van der Waals surface area contributed by atoms with E-state index in [1.54, 1.807) is 6.92 Å². The number of carboxylic acid groups (broad SMARTS) is 1. The lowest BCUT2D eigenvalue weighted by Gasteiger charge is -2.28. The Labute approximate surface area is 251 Å². The van der Waals surface area contributed by atoms with Crippen LogP contribution in [-0.2, 0) is 32.6 Å². The summed E-state index contributed by atoms with van der Waals surface area (Å²) in [5, 5.41) is 29.5. The highest BCUT2D eigenvalue weighted by atomic mass is 32.7. The van der Waals surface area contributed by atoms with E-state index in [1.807, 2.05) is 0 Å². The molecule has 3 aromatic rings. The van der Waals surface area contributed by atoms with E-state index in [2.05, 4.69) is 24.7 Å². The molecule has 242 valence electrons. The maximum atomic E-state index is 13.9. The normalized spacial score (nSPS) is 22.9. The lowest BCUT2D eigenvalue weighted by molar-refractivity contribution is -0.175. The molecule has 44 heavy (non-hydrogen) atoms. The quantitative estimate of drug-likeness (QED) is 0.0813. The Kier molecular flexibility index (Phi) is 11.1. The Bertz CT molecular complexity index is 1600. The molecule has 0 bridgehead atoms. The fourth-order valence-corrected chi connectivity index (χ4v) is 7.06. The largest absolute Gasteiger partial charge is 0.506 e. The van der Waals surface area contributed by atoms with Crippen LogP contribution in [0.5, 0.6) is 0 Å². The van der Waals surface area contributed by atoms with Gasteiger partial charge in [-0.15, -0.1) is 0 Å². The molecule has 7 atom stereocenters. The first-order valence-corrected chi connectivity index (χ1v) is 15.9. The molecule has 1 aliphatic heterocycles. The minimum absolute atomic E-state index is 0.144. The zero-order valence-corrected chi connectivity index (χ0v) is 24.9. The first kappa shape index (κ1) is 33.5. The SMILES string of the molecule is CC[C@@H](OC(O)CO[P@](=O)(O[C@@H]1[C@H](OC)C(n2ccc(=O)[nH]c2=O)O[C@@H]1CO)SCOC(=O)O)n1cnc2c(N)ncnc21. The van der Waals surface area contributed by atoms with Gasteiger partial charge in [0.2, 0.25) is 0 Å². The summed E-state index contributed by atoms with van der Waals surface area (Å²) in [7, 11) is 1.24. The molecule has 6 N–H and O–H groups in total. The molecular formula is C22H30N7O13PS. The number of imidazole rings is 1. The van der Waals surface area contributed by atoms with Crippen LogP contribution in [0.1, 0.15) is 25.8 Å². The molecule has 2 unspecified atom stereocenters. The summed E-state index contributed by atoms with van der Waals surface area (Å²) in [6.45, 7) is -4.13. The monoisotopic (exact) mass is 663 g/mol. The Hall–Kier alpha value is -3.40. The average molecular weight is 664 g/mol. The number of hydrogen-bond acceptors (Lipinski definition) is 17. The van der Waals surface area contributed by atoms with Crippen molar-refractivity contribution in [3.8, 4) is 0 Å². The zero-order chi connectivity index (χ0) is 32.0. The molecular weight excluding hydrogens is 633 g/mol. The summed E-state index contributed by atoms with van der Waals surface area (Å²) in [5.41, 5.74) is 4.98. The highest BCUT2D eigenvalue weighted by molar-refractivity contribution is 8.55. The van der Waals surface area contributed by atoms with Crippen LogP contribution in [0, 0.1) is 0 Å². The van der Waals surface area contributed by atoms with Crippen LogP contribution in [0.3, 0.4) is 0 Å². The smallest absolute Gasteiger partial charge is 0.450 e. The van der Waals surface area contributed by atoms with Crippen LogP contribution < -0.4 is 17.0 Å². The molecule has 0 spiro atoms. The van der Waals surface area contributed by atoms with Crippen LogP contribution in [0.15, 0.2) is 34.5 Å². The summed E-state index contributed by atoms with van der Waals surface area (Å²) < 4.78 is 48.8. The molecule has 0 radical (unpaired) electrons. The molecule has 0 aliphatic carbocycles. The van der Waals surface area contributed by atoms with E-state index in [-0.39, 0.29) is 5.82 Å². The van der Waals surface area contributed by atoms with Gasteiger partial charge in [-0.3, -0.25) is 28.0 Å². The van der Waals surface area contributed by atoms with E-state index < -0.39 is 80.4 Å². The standard InChI is InChI=1S/C22H30N7O13PS/c1-3-13(29-9-26-15-18(23)24-8-25-19(15)29)41-14(32)7-39-43(36,44-10-38-22(34)35)42-16-11(6-30)40-20(17(16)37-2)28-5-4-12(31)27-21(28)33/h4-5,8-9,11,13-14,16-17,20,30,32H,3,6-7,10H2,1-2H3,(H,34,35)(H2,23,24,25)(H,27,31,33)/t11-,13-,14?,16+,17+,20?,43-/m1/s1. The molecule has 0 amide bonds. The van der Waals surface area contributed by atoms with Gasteiger partial charge < -0.3 is 40.0 Å². The van der Waals surface area contributed by atoms with Gasteiger partial charge in [-0.25, -0.2) is 29.1 Å². The number of nitrogen functional groups attached to an aromatic ring is 1. The second-order valence-electron chi connectivity index (χ2n) is 8.97. The number of H-pyrrole nitrogens is 1. The Morgan fingerprint density at radius 1 is 1.30 bits per heavy atom. The summed E-state index contributed by atoms with van der Waals surface area (Å²) in [6.07, 6.45) is -5.12. The van der Waals surface area contributed by atoms with Crippen LogP contribution in [0.4, 0.5) is 10.6 Å². The molecule has 4 rings (SSSR count). The van der Waals surface area contributed by atoms with E-state index in [0.29, 0.717) is 29.0 Å². The van der Waals surface area contributed by atoms with Gasteiger partial charge in [0.1, 0.15) is 43.0 Å². The molecule has 3 aromatic heterocycles. The maximum Gasteiger partial charge on any atom is 0.506 e. The molecule has 1 saturated heterocycles. The van der Waals surface area contributed by atoms with Crippen molar-refractivity contribution in [1.29, 1.82) is 0 Å². The van der Waals surface area contributed by atoms with Crippen LogP contribution in [0.25, 0.3) is 11.2 Å². The molecule has 0 saturated carbocycles. The highest BCUT2D eigenvalue weighted by Crippen LogP contribution is 2.63. The van der Waals surface area contributed by atoms with E-state index in [0.717, 1.165) is 16.8 Å². The van der Waals surface area contributed by atoms with Gasteiger partial charge in [0, 0.05) is 30.8 Å². The molecule has 22 heteroatoms. The molecule has 0 aromatic carbocycles. The van der Waals surface area contributed by atoms with Gasteiger partial charge >= 0.3 is 18.6 Å². The van der Waals surface area contributed by atoms with Crippen molar-refractivity contribution in [3.05, 3.63) is 45.8 Å². The van der Waals surface area contributed by atoms with Crippen LogP contribution in [-0.4, -0.2) is 101 Å². The van der Waals surface area contributed by atoms with Gasteiger partial charge in [-0.1, -0.05) is 6.92 Å². The minimum atomic E-state index is -4.46. The second-order valence-corrected chi connectivity index (χ2v) is 12.9. The number of carbonyl (C=O) groups is 1. The topological polar surface area (TPSA) is 275 Å². The van der Waals surface area contributed by atoms with Gasteiger partial charge in [0.25, 0.3) is 5.56 Å². The van der Waals surface area contributed by atoms with Crippen molar-refractivity contribution < 1.29 is 52.7 Å². The third kappa shape index (κ3) is 7.62. The number of nitrogens with one attached hydrogen (secondary N) is 1. The van der Waals surface area contributed by atoms with E-state index in [1.165, 1.54) is 24.3 Å². The van der Waals surface area contributed by atoms with Crippen molar-refractivity contribution in [2.75, 3.05) is 32.0 Å². The van der Waals surface area contributed by atoms with Gasteiger partial charge in [0.05, 0.1) is 12.9 Å². The maximum absolute atomic E-state index is 13.9. The fourth-order valence-electron chi connectivity index (χ4n) is 4.29. The van der Waals surface area contributed by atoms with E-state index in [4.69, 9.17) is 34.1 Å². The number of aromatic nitrogens is 6. The van der Waals surface area contributed by atoms with E-state index in [9.17, 15) is 29.2 Å². The number of aliphatic hydroxyl groups is 2. The highest BCUT2D eigenvalue weighted by Gasteiger charge is 2.50. The number of methoxy groups -OCH3 is 1. The van der Waals surface area contributed by atoms with Crippen LogP contribution in [0.2, 0.25) is 0 Å². The molecule has 1 aliphatic rings. The number of nitrogens with zero attached hydrogens (tertiary/aromatic N) is 5. The fraction of sp³-hybridized carbons (Fsp3) is 0.545. The Morgan fingerprint density at radius 2 is 2.07 bits per heavy atom. The lowest BCUT2D eigenvalue weighted by atomic mass is 10.1. The number of nitrogens with two attached hydrogens (primary N) is 1. The number of fused-ring (bicyclic) bond motifs is 1. The number of hydrogen-bond donors (Lipinski definition) is 5. The summed E-state index contributed by atoms with van der Waals surface area (Å²) in [4.78, 5) is 49.1. The van der Waals surface area contributed by atoms with Crippen molar-refractivity contribution in [2.45, 2.75) is 50.4 Å². The van der Waals surface area contributed by atoms with Gasteiger partial charge in [0.15, 0.2) is 29.9 Å². The predicted molar refractivity (Wildman–Crippen MR) is 149 cm³/mol.